The van der Waals surface area contributed by atoms with Gasteiger partial charge in [0.2, 0.25) is 5.88 Å². The number of halogens is 1. The first kappa shape index (κ1) is 25.3. The average molecular weight is 505 g/mol. The number of piperidine rings is 1. The number of carboxylic acids is 1. The zero-order valence-electron chi connectivity index (χ0n) is 20.7. The van der Waals surface area contributed by atoms with Crippen LogP contribution in [-0.4, -0.2) is 70.5 Å². The Balaban J connectivity index is 1.62. The van der Waals surface area contributed by atoms with E-state index in [4.69, 9.17) is 9.47 Å². The summed E-state index contributed by atoms with van der Waals surface area (Å²) in [5.41, 5.74) is 0.798. The summed E-state index contributed by atoms with van der Waals surface area (Å²) in [5, 5.41) is 14.0. The number of carboxylic acid groups (broad SMARTS) is 1. The number of hydrogen-bond acceptors (Lipinski definition) is 6. The summed E-state index contributed by atoms with van der Waals surface area (Å²) in [6.07, 6.45) is 3.53. The summed E-state index contributed by atoms with van der Waals surface area (Å²) in [6.45, 7) is 7.39. The molecule has 3 atom stereocenters. The topological polar surface area (TPSA) is 107 Å². The van der Waals surface area contributed by atoms with Gasteiger partial charge in [-0.05, 0) is 37.8 Å². The highest BCUT2D eigenvalue weighted by atomic mass is 28.3. The standard InChI is InChI=1S/C24H33FN4O5Si/c1-33-22-11-18(19(25)13-26-22)21-12-20(27-28(21)14-34-7-8-35(2,3)4)23(30)29-16-5-6-17(29)10-15(9-16)24(31)32/h11-13,15-17H,5-10,14H2,1-4H3,(H,31,32)/t15-,16-,17+. The summed E-state index contributed by atoms with van der Waals surface area (Å²) >= 11 is 0. The monoisotopic (exact) mass is 504 g/mol. The number of hydrogen-bond donors (Lipinski definition) is 1. The van der Waals surface area contributed by atoms with Crippen LogP contribution in [0.4, 0.5) is 4.39 Å². The molecule has 2 aromatic rings. The van der Waals surface area contributed by atoms with Crippen molar-refractivity contribution in [2.24, 2.45) is 5.92 Å². The molecule has 4 rings (SSSR count). The van der Waals surface area contributed by atoms with Crippen LogP contribution >= 0.6 is 0 Å². The predicted molar refractivity (Wildman–Crippen MR) is 129 cm³/mol. The Morgan fingerprint density at radius 1 is 1.20 bits per heavy atom. The van der Waals surface area contributed by atoms with E-state index in [1.165, 1.54) is 17.9 Å². The maximum Gasteiger partial charge on any atom is 0.306 e. The van der Waals surface area contributed by atoms with Crippen LogP contribution in [0, 0.1) is 11.7 Å². The van der Waals surface area contributed by atoms with E-state index in [1.54, 1.807) is 11.0 Å². The summed E-state index contributed by atoms with van der Waals surface area (Å²) in [7, 11) is 0.157. The smallest absolute Gasteiger partial charge is 0.306 e. The number of amides is 1. The van der Waals surface area contributed by atoms with Crippen LogP contribution in [0.15, 0.2) is 18.3 Å². The fraction of sp³-hybridized carbons (Fsp3) is 0.583. The Morgan fingerprint density at radius 3 is 2.49 bits per heavy atom. The predicted octanol–water partition coefficient (Wildman–Crippen LogP) is 3.87. The van der Waals surface area contributed by atoms with Crippen molar-refractivity contribution in [2.45, 2.75) is 70.2 Å². The number of carbonyl (C=O) groups is 2. The number of nitrogens with zero attached hydrogens (tertiary/aromatic N) is 4. The summed E-state index contributed by atoms with van der Waals surface area (Å²) in [4.78, 5) is 30.7. The molecule has 0 aromatic carbocycles. The van der Waals surface area contributed by atoms with E-state index in [9.17, 15) is 19.1 Å². The lowest BCUT2D eigenvalue weighted by Crippen LogP contribution is -2.48. The fourth-order valence-electron chi connectivity index (χ4n) is 4.94. The maximum absolute atomic E-state index is 14.8. The molecule has 35 heavy (non-hydrogen) atoms. The van der Waals surface area contributed by atoms with Crippen LogP contribution in [0.5, 0.6) is 5.88 Å². The highest BCUT2D eigenvalue weighted by Gasteiger charge is 2.46. The molecule has 9 nitrogen and oxygen atoms in total. The van der Waals surface area contributed by atoms with Crippen LogP contribution in [0.3, 0.4) is 0 Å². The molecule has 0 unspecified atom stereocenters. The molecule has 0 saturated carbocycles. The van der Waals surface area contributed by atoms with Crippen LogP contribution in [0.2, 0.25) is 25.7 Å². The highest BCUT2D eigenvalue weighted by molar-refractivity contribution is 6.76. The molecule has 2 bridgehead atoms. The average Bonchev–Trinajstić information content (AvgIpc) is 3.33. The van der Waals surface area contributed by atoms with Gasteiger partial charge in [-0.2, -0.15) is 5.10 Å². The Kier molecular flexibility index (Phi) is 7.27. The van der Waals surface area contributed by atoms with Crippen molar-refractivity contribution in [3.63, 3.8) is 0 Å². The second kappa shape index (κ2) is 10.1. The molecule has 190 valence electrons. The quantitative estimate of drug-likeness (QED) is 0.408. The third-order valence-electron chi connectivity index (χ3n) is 6.84. The van der Waals surface area contributed by atoms with Gasteiger partial charge in [0, 0.05) is 38.4 Å². The van der Waals surface area contributed by atoms with Crippen molar-refractivity contribution in [1.29, 1.82) is 0 Å². The summed E-state index contributed by atoms with van der Waals surface area (Å²) < 4.78 is 27.3. The van der Waals surface area contributed by atoms with Crippen molar-refractivity contribution < 1.29 is 28.6 Å². The third-order valence-corrected chi connectivity index (χ3v) is 8.55. The van der Waals surface area contributed by atoms with Gasteiger partial charge >= 0.3 is 5.97 Å². The van der Waals surface area contributed by atoms with E-state index in [2.05, 4.69) is 29.7 Å². The van der Waals surface area contributed by atoms with Crippen molar-refractivity contribution in [3.8, 4) is 17.1 Å². The first-order chi connectivity index (χ1) is 16.6. The lowest BCUT2D eigenvalue weighted by Gasteiger charge is -2.37. The van der Waals surface area contributed by atoms with E-state index in [0.29, 0.717) is 25.1 Å². The molecule has 2 aliphatic heterocycles. The molecule has 2 aliphatic rings. The van der Waals surface area contributed by atoms with Crippen LogP contribution < -0.4 is 4.74 Å². The van der Waals surface area contributed by atoms with Gasteiger partial charge in [0.15, 0.2) is 11.5 Å². The first-order valence-corrected chi connectivity index (χ1v) is 15.7. The van der Waals surface area contributed by atoms with Gasteiger partial charge in [0.25, 0.3) is 5.91 Å². The molecule has 1 N–H and O–H groups in total. The molecule has 0 spiro atoms. The normalized spacial score (nSPS) is 21.9. The van der Waals surface area contributed by atoms with Crippen molar-refractivity contribution >= 4 is 20.0 Å². The zero-order valence-corrected chi connectivity index (χ0v) is 21.7. The number of methoxy groups -OCH3 is 1. The van der Waals surface area contributed by atoms with Crippen molar-refractivity contribution in [1.82, 2.24) is 19.7 Å². The second-order valence-electron chi connectivity index (χ2n) is 10.6. The minimum Gasteiger partial charge on any atom is -0.481 e. The van der Waals surface area contributed by atoms with E-state index in [-0.39, 0.29) is 41.9 Å². The Morgan fingerprint density at radius 2 is 1.89 bits per heavy atom. The van der Waals surface area contributed by atoms with E-state index in [0.717, 1.165) is 25.1 Å². The lowest BCUT2D eigenvalue weighted by molar-refractivity contribution is -0.144. The number of aliphatic carboxylic acids is 1. The zero-order chi connectivity index (χ0) is 25.3. The first-order valence-electron chi connectivity index (χ1n) is 12.0. The highest BCUT2D eigenvalue weighted by Crippen LogP contribution is 2.40. The van der Waals surface area contributed by atoms with Crippen LogP contribution in [-0.2, 0) is 16.3 Å². The van der Waals surface area contributed by atoms with E-state index < -0.39 is 25.8 Å². The Bertz CT molecular complexity index is 1090. The van der Waals surface area contributed by atoms with E-state index in [1.807, 2.05) is 0 Å². The maximum atomic E-state index is 14.8. The van der Waals surface area contributed by atoms with E-state index >= 15 is 0 Å². The Hall–Kier alpha value is -2.79. The third kappa shape index (κ3) is 5.56. The molecule has 2 fully saturated rings. The van der Waals surface area contributed by atoms with Crippen molar-refractivity contribution in [2.75, 3.05) is 13.7 Å². The second-order valence-corrected chi connectivity index (χ2v) is 16.2. The van der Waals surface area contributed by atoms with Crippen LogP contribution in [0.25, 0.3) is 11.3 Å². The molecule has 0 aliphatic carbocycles. The van der Waals surface area contributed by atoms with Gasteiger partial charge in [-0.25, -0.2) is 14.1 Å². The number of ether oxygens (including phenoxy) is 2. The van der Waals surface area contributed by atoms with Gasteiger partial charge in [-0.15, -0.1) is 0 Å². The molecule has 1 amide bonds. The number of carbonyl (C=O) groups excluding carboxylic acids is 1. The SMILES string of the molecule is COc1cc(-c2cc(C(=O)N3[C@@H]4CC[C@H]3C[C@H](C(=O)O)C4)nn2COCC[Si](C)(C)C)c(F)cn1. The molecule has 11 heteroatoms. The minimum absolute atomic E-state index is 0.0745. The van der Waals surface area contributed by atoms with Gasteiger partial charge in [-0.1, -0.05) is 19.6 Å². The van der Waals surface area contributed by atoms with Gasteiger partial charge < -0.3 is 19.5 Å². The number of fused-ring (bicyclic) bond motifs is 2. The minimum atomic E-state index is -1.29. The van der Waals surface area contributed by atoms with Gasteiger partial charge in [-0.3, -0.25) is 9.59 Å². The lowest BCUT2D eigenvalue weighted by atomic mass is 9.90. The van der Waals surface area contributed by atoms with Crippen molar-refractivity contribution in [3.05, 3.63) is 29.8 Å². The summed E-state index contributed by atoms with van der Waals surface area (Å²) in [6, 6.07) is 3.77. The summed E-state index contributed by atoms with van der Waals surface area (Å²) in [5.74, 6) is -1.81. The van der Waals surface area contributed by atoms with Crippen LogP contribution in [0.1, 0.15) is 36.2 Å². The van der Waals surface area contributed by atoms with Gasteiger partial charge in [0.05, 0.1) is 24.9 Å². The molecule has 2 aromatic heterocycles. The Labute approximate surface area is 205 Å². The molecular formula is C24H33FN4O5Si. The molecule has 0 radical (unpaired) electrons. The fourth-order valence-corrected chi connectivity index (χ4v) is 5.69. The number of aromatic nitrogens is 3. The molecule has 2 saturated heterocycles. The van der Waals surface area contributed by atoms with Gasteiger partial charge in [0.1, 0.15) is 6.73 Å². The number of rotatable bonds is 9. The molecule has 4 heterocycles. The number of pyridine rings is 1. The molecular weight excluding hydrogens is 471 g/mol. The largest absolute Gasteiger partial charge is 0.481 e.